The molecule has 106 valence electrons. The molecule has 0 aromatic carbocycles. The molecule has 4 nitrogen and oxygen atoms in total. The molecule has 2 heterocycles. The van der Waals surface area contributed by atoms with Crippen molar-refractivity contribution in [3.63, 3.8) is 0 Å². The van der Waals surface area contributed by atoms with Crippen LogP contribution in [0.3, 0.4) is 0 Å². The van der Waals surface area contributed by atoms with Gasteiger partial charge in [-0.05, 0) is 38.8 Å². The van der Waals surface area contributed by atoms with E-state index in [-0.39, 0.29) is 0 Å². The molecule has 2 unspecified atom stereocenters. The first-order valence-corrected chi connectivity index (χ1v) is 7.22. The number of methoxy groups -OCH3 is 1. The third kappa shape index (κ3) is 3.67. The lowest BCUT2D eigenvalue weighted by Crippen LogP contribution is -2.48. The molecule has 18 heavy (non-hydrogen) atoms. The number of nitrogens with one attached hydrogen (secondary N) is 1. The van der Waals surface area contributed by atoms with E-state index in [1.165, 1.54) is 38.9 Å². The molecule has 1 N–H and O–H groups in total. The summed E-state index contributed by atoms with van der Waals surface area (Å²) in [4.78, 5) is 2.61. The van der Waals surface area contributed by atoms with E-state index in [2.05, 4.69) is 10.2 Å². The van der Waals surface area contributed by atoms with Crippen LogP contribution in [0, 0.1) is 11.3 Å². The zero-order valence-electron chi connectivity index (χ0n) is 11.9. The van der Waals surface area contributed by atoms with Crippen LogP contribution in [-0.4, -0.2) is 65.1 Å². The molecule has 4 heteroatoms. The number of nitrogens with zero attached hydrogens (tertiary/aromatic N) is 1. The average molecular weight is 256 g/mol. The van der Waals surface area contributed by atoms with E-state index in [0.717, 1.165) is 32.3 Å². The van der Waals surface area contributed by atoms with E-state index in [0.29, 0.717) is 5.41 Å². The summed E-state index contributed by atoms with van der Waals surface area (Å²) in [6, 6.07) is 0. The Hall–Kier alpha value is -0.160. The Labute approximate surface area is 111 Å². The van der Waals surface area contributed by atoms with Crippen LogP contribution >= 0.6 is 0 Å². The second-order valence-electron chi connectivity index (χ2n) is 6.03. The minimum absolute atomic E-state index is 0.328. The van der Waals surface area contributed by atoms with Gasteiger partial charge in [0.25, 0.3) is 0 Å². The van der Waals surface area contributed by atoms with Crippen LogP contribution in [0.1, 0.15) is 19.3 Å². The predicted molar refractivity (Wildman–Crippen MR) is 72.8 cm³/mol. The minimum Gasteiger partial charge on any atom is -0.384 e. The van der Waals surface area contributed by atoms with Crippen molar-refractivity contribution in [2.45, 2.75) is 19.3 Å². The topological polar surface area (TPSA) is 33.7 Å². The number of rotatable bonds is 6. The van der Waals surface area contributed by atoms with Gasteiger partial charge in [-0.25, -0.2) is 0 Å². The lowest BCUT2D eigenvalue weighted by atomic mass is 9.82. The minimum atomic E-state index is 0.328. The van der Waals surface area contributed by atoms with Crippen molar-refractivity contribution in [3.05, 3.63) is 0 Å². The zero-order chi connectivity index (χ0) is 12.8. The normalized spacial score (nSPS) is 34.0. The van der Waals surface area contributed by atoms with Gasteiger partial charge in [-0.2, -0.15) is 0 Å². The molecule has 2 rings (SSSR count). The highest BCUT2D eigenvalue weighted by molar-refractivity contribution is 4.89. The van der Waals surface area contributed by atoms with Crippen LogP contribution in [-0.2, 0) is 9.47 Å². The first-order chi connectivity index (χ1) is 8.78. The first kappa shape index (κ1) is 14.3. The molecule has 0 spiro atoms. The summed E-state index contributed by atoms with van der Waals surface area (Å²) in [5.74, 6) is 0.728. The third-order valence-electron chi connectivity index (χ3n) is 4.29. The van der Waals surface area contributed by atoms with Crippen molar-refractivity contribution >= 4 is 0 Å². The fourth-order valence-electron chi connectivity index (χ4n) is 3.51. The molecule has 2 aliphatic heterocycles. The Kier molecular flexibility index (Phi) is 5.42. The molecular formula is C14H28N2O2. The van der Waals surface area contributed by atoms with Gasteiger partial charge in [0.05, 0.1) is 13.2 Å². The Balaban J connectivity index is 1.85. The molecule has 0 radical (unpaired) electrons. The molecule has 2 saturated heterocycles. The maximum atomic E-state index is 5.73. The molecule has 0 aromatic heterocycles. The summed E-state index contributed by atoms with van der Waals surface area (Å²) in [6.45, 7) is 7.42. The van der Waals surface area contributed by atoms with Crippen LogP contribution in [0.2, 0.25) is 0 Å². The lowest BCUT2D eigenvalue weighted by Gasteiger charge is -2.40. The standard InChI is InChI=1S/C14H28N2O2/c1-15-10-14(5-3-7-18-12-14)11-16-6-4-13(8-16)9-17-2/h13,15H,3-12H2,1-2H3. The van der Waals surface area contributed by atoms with Gasteiger partial charge in [0, 0.05) is 38.8 Å². The van der Waals surface area contributed by atoms with Crippen molar-refractivity contribution in [2.75, 3.05) is 60.2 Å². The van der Waals surface area contributed by atoms with Gasteiger partial charge >= 0.3 is 0 Å². The largest absolute Gasteiger partial charge is 0.384 e. The SMILES string of the molecule is CNCC1(CN2CCC(COC)C2)CCCOC1. The first-order valence-electron chi connectivity index (χ1n) is 7.22. The number of ether oxygens (including phenoxy) is 2. The summed E-state index contributed by atoms with van der Waals surface area (Å²) in [6.07, 6.45) is 3.78. The van der Waals surface area contributed by atoms with E-state index in [4.69, 9.17) is 9.47 Å². The molecule has 2 fully saturated rings. The van der Waals surface area contributed by atoms with Gasteiger partial charge in [0.15, 0.2) is 0 Å². The quantitative estimate of drug-likeness (QED) is 0.768. The second kappa shape index (κ2) is 6.85. The summed E-state index contributed by atoms with van der Waals surface area (Å²) in [5.41, 5.74) is 0.328. The van der Waals surface area contributed by atoms with Crippen molar-refractivity contribution in [1.29, 1.82) is 0 Å². The number of hydrogen-bond donors (Lipinski definition) is 1. The van der Waals surface area contributed by atoms with Gasteiger partial charge in [-0.3, -0.25) is 0 Å². The maximum absolute atomic E-state index is 5.73. The molecule has 2 aliphatic rings. The van der Waals surface area contributed by atoms with E-state index < -0.39 is 0 Å². The van der Waals surface area contributed by atoms with Crippen LogP contribution in [0.25, 0.3) is 0 Å². The van der Waals surface area contributed by atoms with Crippen molar-refractivity contribution in [1.82, 2.24) is 10.2 Å². The average Bonchev–Trinajstić information content (AvgIpc) is 2.78. The Morgan fingerprint density at radius 3 is 3.06 bits per heavy atom. The second-order valence-corrected chi connectivity index (χ2v) is 6.03. The van der Waals surface area contributed by atoms with Crippen LogP contribution < -0.4 is 5.32 Å². The third-order valence-corrected chi connectivity index (χ3v) is 4.29. The van der Waals surface area contributed by atoms with Crippen LogP contribution in [0.15, 0.2) is 0 Å². The highest BCUT2D eigenvalue weighted by Crippen LogP contribution is 2.31. The van der Waals surface area contributed by atoms with Gasteiger partial charge < -0.3 is 19.7 Å². The van der Waals surface area contributed by atoms with Gasteiger partial charge in [0.2, 0.25) is 0 Å². The summed E-state index contributed by atoms with van der Waals surface area (Å²) >= 11 is 0. The number of hydrogen-bond acceptors (Lipinski definition) is 4. The van der Waals surface area contributed by atoms with E-state index in [1.807, 2.05) is 7.05 Å². The summed E-state index contributed by atoms with van der Waals surface area (Å²) < 4.78 is 11.0. The van der Waals surface area contributed by atoms with Gasteiger partial charge in [-0.15, -0.1) is 0 Å². The predicted octanol–water partition coefficient (Wildman–Crippen LogP) is 0.971. The molecule has 0 saturated carbocycles. The molecule has 0 aromatic rings. The fraction of sp³-hybridized carbons (Fsp3) is 1.00. The maximum Gasteiger partial charge on any atom is 0.0546 e. The lowest BCUT2D eigenvalue weighted by molar-refractivity contribution is -0.0229. The zero-order valence-corrected chi connectivity index (χ0v) is 11.9. The van der Waals surface area contributed by atoms with Gasteiger partial charge in [-0.1, -0.05) is 0 Å². The van der Waals surface area contributed by atoms with E-state index in [1.54, 1.807) is 7.11 Å². The molecule has 0 bridgehead atoms. The highest BCUT2D eigenvalue weighted by atomic mass is 16.5. The monoisotopic (exact) mass is 256 g/mol. The van der Waals surface area contributed by atoms with E-state index >= 15 is 0 Å². The highest BCUT2D eigenvalue weighted by Gasteiger charge is 2.36. The molecule has 0 amide bonds. The number of likely N-dealkylation sites (tertiary alicyclic amines) is 1. The summed E-state index contributed by atoms with van der Waals surface area (Å²) in [5, 5.41) is 3.36. The van der Waals surface area contributed by atoms with Gasteiger partial charge in [0.1, 0.15) is 0 Å². The fourth-order valence-corrected chi connectivity index (χ4v) is 3.51. The molecular weight excluding hydrogens is 228 g/mol. The molecule has 2 atom stereocenters. The van der Waals surface area contributed by atoms with Crippen LogP contribution in [0.5, 0.6) is 0 Å². The Morgan fingerprint density at radius 2 is 2.39 bits per heavy atom. The van der Waals surface area contributed by atoms with E-state index in [9.17, 15) is 0 Å². The Bertz CT molecular complexity index is 236. The molecule has 0 aliphatic carbocycles. The van der Waals surface area contributed by atoms with Crippen molar-refractivity contribution in [3.8, 4) is 0 Å². The summed E-state index contributed by atoms with van der Waals surface area (Å²) in [7, 11) is 3.86. The van der Waals surface area contributed by atoms with Crippen molar-refractivity contribution < 1.29 is 9.47 Å². The smallest absolute Gasteiger partial charge is 0.0546 e. The van der Waals surface area contributed by atoms with Crippen molar-refractivity contribution in [2.24, 2.45) is 11.3 Å². The Morgan fingerprint density at radius 1 is 1.50 bits per heavy atom. The van der Waals surface area contributed by atoms with Crippen LogP contribution in [0.4, 0.5) is 0 Å².